The first-order chi connectivity index (χ1) is 12.1. The van der Waals surface area contributed by atoms with E-state index in [1.54, 1.807) is 6.07 Å². The molecule has 25 heavy (non-hydrogen) atoms. The maximum absolute atomic E-state index is 12.9. The van der Waals surface area contributed by atoms with E-state index >= 15 is 0 Å². The summed E-state index contributed by atoms with van der Waals surface area (Å²) in [4.78, 5) is 29.5. The smallest absolute Gasteiger partial charge is 0.295 e. The van der Waals surface area contributed by atoms with E-state index in [-0.39, 0.29) is 23.3 Å². The van der Waals surface area contributed by atoms with Crippen LogP contribution in [0.5, 0.6) is 0 Å². The molecule has 1 unspecified atom stereocenters. The first kappa shape index (κ1) is 17.0. The number of nitrogens with zero attached hydrogens (tertiary/aromatic N) is 5. The molecule has 0 aliphatic carbocycles. The standard InChI is InChI=1S/C16H20N6O3/c1-2-7-20(13-5-6-17-9-13)16(23)12-3-4-14(15(8-12)22(24)25)21-11-18-10-19-21/h3-4,8,10-11,13,17H,2,5-7,9H2,1H3. The Morgan fingerprint density at radius 1 is 1.52 bits per heavy atom. The third kappa shape index (κ3) is 3.50. The fraction of sp³-hybridized carbons (Fsp3) is 0.438. The van der Waals surface area contributed by atoms with Gasteiger partial charge in [-0.25, -0.2) is 9.67 Å². The van der Waals surface area contributed by atoms with Gasteiger partial charge in [0.1, 0.15) is 18.3 Å². The number of hydrogen-bond donors (Lipinski definition) is 1. The molecule has 0 saturated carbocycles. The van der Waals surface area contributed by atoms with E-state index in [0.29, 0.717) is 12.1 Å². The first-order valence-corrected chi connectivity index (χ1v) is 8.27. The number of nitro groups is 1. The highest BCUT2D eigenvalue weighted by atomic mass is 16.6. The summed E-state index contributed by atoms with van der Waals surface area (Å²) < 4.78 is 1.32. The molecule has 0 spiro atoms. The third-order valence-corrected chi connectivity index (χ3v) is 4.29. The highest BCUT2D eigenvalue weighted by Crippen LogP contribution is 2.25. The van der Waals surface area contributed by atoms with E-state index in [1.807, 2.05) is 11.8 Å². The number of benzene rings is 1. The summed E-state index contributed by atoms with van der Waals surface area (Å²) in [5.41, 5.74) is 0.428. The summed E-state index contributed by atoms with van der Waals surface area (Å²) >= 11 is 0. The van der Waals surface area contributed by atoms with Crippen LogP contribution in [-0.2, 0) is 0 Å². The topological polar surface area (TPSA) is 106 Å². The van der Waals surface area contributed by atoms with Crippen molar-refractivity contribution in [2.24, 2.45) is 0 Å². The van der Waals surface area contributed by atoms with Gasteiger partial charge in [-0.15, -0.1) is 0 Å². The van der Waals surface area contributed by atoms with Crippen LogP contribution in [0.3, 0.4) is 0 Å². The second-order valence-corrected chi connectivity index (χ2v) is 5.95. The van der Waals surface area contributed by atoms with Crippen LogP contribution in [0.2, 0.25) is 0 Å². The van der Waals surface area contributed by atoms with Crippen LogP contribution >= 0.6 is 0 Å². The van der Waals surface area contributed by atoms with Crippen molar-refractivity contribution in [3.63, 3.8) is 0 Å². The Kier molecular flexibility index (Phi) is 5.03. The van der Waals surface area contributed by atoms with Crippen molar-refractivity contribution in [1.82, 2.24) is 25.0 Å². The number of nitro benzene ring substituents is 1. The van der Waals surface area contributed by atoms with Gasteiger partial charge in [-0.3, -0.25) is 14.9 Å². The first-order valence-electron chi connectivity index (χ1n) is 8.27. The highest BCUT2D eigenvalue weighted by Gasteiger charge is 2.28. The molecule has 1 aliphatic heterocycles. The van der Waals surface area contributed by atoms with Crippen molar-refractivity contribution in [3.05, 3.63) is 46.5 Å². The molecule has 9 heteroatoms. The van der Waals surface area contributed by atoms with Crippen LogP contribution in [0.25, 0.3) is 5.69 Å². The number of nitrogens with one attached hydrogen (secondary N) is 1. The number of amides is 1. The normalized spacial score (nSPS) is 16.8. The van der Waals surface area contributed by atoms with Crippen molar-refractivity contribution in [2.45, 2.75) is 25.8 Å². The lowest BCUT2D eigenvalue weighted by Crippen LogP contribution is -2.42. The fourth-order valence-corrected chi connectivity index (χ4v) is 3.09. The molecule has 9 nitrogen and oxygen atoms in total. The zero-order chi connectivity index (χ0) is 17.8. The van der Waals surface area contributed by atoms with E-state index in [2.05, 4.69) is 15.4 Å². The summed E-state index contributed by atoms with van der Waals surface area (Å²) in [6, 6.07) is 4.60. The summed E-state index contributed by atoms with van der Waals surface area (Å²) in [6.45, 7) is 4.27. The van der Waals surface area contributed by atoms with Gasteiger partial charge in [0, 0.05) is 30.8 Å². The van der Waals surface area contributed by atoms with Crippen molar-refractivity contribution in [3.8, 4) is 5.69 Å². The average Bonchev–Trinajstić information content (AvgIpc) is 3.32. The monoisotopic (exact) mass is 344 g/mol. The Morgan fingerprint density at radius 2 is 2.36 bits per heavy atom. The van der Waals surface area contributed by atoms with Gasteiger partial charge in [0.15, 0.2) is 0 Å². The van der Waals surface area contributed by atoms with Crippen LogP contribution < -0.4 is 5.32 Å². The summed E-state index contributed by atoms with van der Waals surface area (Å²) in [5, 5.41) is 18.6. The number of aromatic nitrogens is 3. The van der Waals surface area contributed by atoms with Gasteiger partial charge in [-0.2, -0.15) is 5.10 Å². The van der Waals surface area contributed by atoms with E-state index in [4.69, 9.17) is 0 Å². The predicted octanol–water partition coefficient (Wildman–Crippen LogP) is 1.39. The Hall–Kier alpha value is -2.81. The zero-order valence-electron chi connectivity index (χ0n) is 14.0. The summed E-state index contributed by atoms with van der Waals surface area (Å²) in [5.74, 6) is -0.177. The summed E-state index contributed by atoms with van der Waals surface area (Å²) in [6.07, 6.45) is 4.42. The van der Waals surface area contributed by atoms with Gasteiger partial charge in [0.2, 0.25) is 0 Å². The molecule has 2 aromatic rings. The van der Waals surface area contributed by atoms with E-state index in [9.17, 15) is 14.9 Å². The SMILES string of the molecule is CCCN(C(=O)c1ccc(-n2cncn2)c([N+](=O)[O-])c1)C1CCNC1. The predicted molar refractivity (Wildman–Crippen MR) is 90.6 cm³/mol. The second kappa shape index (κ2) is 7.39. The van der Waals surface area contributed by atoms with Gasteiger partial charge in [0.05, 0.1) is 4.92 Å². The lowest BCUT2D eigenvalue weighted by atomic mass is 10.1. The molecule has 132 valence electrons. The van der Waals surface area contributed by atoms with Crippen LogP contribution in [0.4, 0.5) is 5.69 Å². The Bertz CT molecular complexity index is 755. The van der Waals surface area contributed by atoms with Gasteiger partial charge in [-0.1, -0.05) is 6.92 Å². The molecule has 1 aromatic heterocycles. The van der Waals surface area contributed by atoms with Crippen molar-refractivity contribution < 1.29 is 9.72 Å². The molecule has 1 amide bonds. The fourth-order valence-electron chi connectivity index (χ4n) is 3.09. The maximum atomic E-state index is 12.9. The summed E-state index contributed by atoms with van der Waals surface area (Å²) in [7, 11) is 0. The minimum Gasteiger partial charge on any atom is -0.334 e. The van der Waals surface area contributed by atoms with Gasteiger partial charge >= 0.3 is 0 Å². The zero-order valence-corrected chi connectivity index (χ0v) is 14.0. The van der Waals surface area contributed by atoms with E-state index in [1.165, 1.54) is 29.5 Å². The van der Waals surface area contributed by atoms with Gasteiger partial charge in [0.25, 0.3) is 11.6 Å². The second-order valence-electron chi connectivity index (χ2n) is 5.95. The lowest BCUT2D eigenvalue weighted by molar-refractivity contribution is -0.384. The molecule has 0 radical (unpaired) electrons. The highest BCUT2D eigenvalue weighted by molar-refractivity contribution is 5.95. The lowest BCUT2D eigenvalue weighted by Gasteiger charge is -2.28. The Morgan fingerprint density at radius 3 is 2.96 bits per heavy atom. The molecule has 3 rings (SSSR count). The number of carbonyl (C=O) groups is 1. The van der Waals surface area contributed by atoms with E-state index in [0.717, 1.165) is 25.9 Å². The molecule has 0 bridgehead atoms. The minimum atomic E-state index is -0.505. The van der Waals surface area contributed by atoms with Crippen LogP contribution in [0.15, 0.2) is 30.9 Å². The average molecular weight is 344 g/mol. The molecule has 1 fully saturated rings. The van der Waals surface area contributed by atoms with Crippen molar-refractivity contribution in [2.75, 3.05) is 19.6 Å². The molecular formula is C16H20N6O3. The van der Waals surface area contributed by atoms with Crippen LogP contribution in [-0.4, -0.2) is 56.2 Å². The Labute approximate surface area is 144 Å². The van der Waals surface area contributed by atoms with Crippen molar-refractivity contribution in [1.29, 1.82) is 0 Å². The molecule has 1 atom stereocenters. The molecule has 1 aromatic carbocycles. The van der Waals surface area contributed by atoms with E-state index < -0.39 is 4.92 Å². The molecular weight excluding hydrogens is 324 g/mol. The van der Waals surface area contributed by atoms with Gasteiger partial charge in [-0.05, 0) is 31.5 Å². The van der Waals surface area contributed by atoms with Crippen LogP contribution in [0, 0.1) is 10.1 Å². The molecule has 2 heterocycles. The Balaban J connectivity index is 1.94. The minimum absolute atomic E-state index is 0.126. The van der Waals surface area contributed by atoms with Crippen molar-refractivity contribution >= 4 is 11.6 Å². The number of carbonyl (C=O) groups excluding carboxylic acids is 1. The van der Waals surface area contributed by atoms with Crippen LogP contribution in [0.1, 0.15) is 30.1 Å². The third-order valence-electron chi connectivity index (χ3n) is 4.29. The maximum Gasteiger partial charge on any atom is 0.295 e. The molecule has 1 aliphatic rings. The largest absolute Gasteiger partial charge is 0.334 e. The molecule has 1 N–H and O–H groups in total. The number of hydrogen-bond acceptors (Lipinski definition) is 6. The quantitative estimate of drug-likeness (QED) is 0.627. The van der Waals surface area contributed by atoms with Gasteiger partial charge < -0.3 is 10.2 Å². The molecule has 1 saturated heterocycles. The number of rotatable bonds is 6.